The minimum Gasteiger partial charge on any atom is -0.378 e. The van der Waals surface area contributed by atoms with Crippen molar-refractivity contribution in [3.8, 4) is 0 Å². The second-order valence-corrected chi connectivity index (χ2v) is 7.99. The van der Waals surface area contributed by atoms with Crippen LogP contribution in [0.1, 0.15) is 19.8 Å². The molecule has 5 nitrogen and oxygen atoms in total. The largest absolute Gasteiger partial charge is 0.378 e. The Kier molecular flexibility index (Phi) is 3.94. The Balaban J connectivity index is 1.68. The third kappa shape index (κ3) is 2.67. The number of nitrogens with two attached hydrogens (primary N) is 1. The van der Waals surface area contributed by atoms with E-state index in [1.54, 1.807) is 24.3 Å². The predicted octanol–water partition coefficient (Wildman–Crippen LogP) is 1.40. The zero-order valence-corrected chi connectivity index (χ0v) is 13.0. The van der Waals surface area contributed by atoms with Crippen LogP contribution in [0.5, 0.6) is 0 Å². The van der Waals surface area contributed by atoms with E-state index in [0.29, 0.717) is 17.2 Å². The van der Waals surface area contributed by atoms with Crippen molar-refractivity contribution in [3.63, 3.8) is 0 Å². The van der Waals surface area contributed by atoms with Gasteiger partial charge in [0.1, 0.15) is 0 Å². The molecule has 0 bridgehead atoms. The molecule has 4 atom stereocenters. The smallest absolute Gasteiger partial charge is 0.178 e. The van der Waals surface area contributed by atoms with Crippen LogP contribution in [-0.4, -0.2) is 39.0 Å². The molecule has 1 aromatic rings. The van der Waals surface area contributed by atoms with Crippen LogP contribution in [0.4, 0.5) is 5.69 Å². The first-order valence-corrected chi connectivity index (χ1v) is 9.14. The van der Waals surface area contributed by atoms with Gasteiger partial charge in [-0.1, -0.05) is 6.92 Å². The van der Waals surface area contributed by atoms with Crippen molar-refractivity contribution >= 4 is 15.5 Å². The van der Waals surface area contributed by atoms with Crippen molar-refractivity contribution in [3.05, 3.63) is 24.3 Å². The van der Waals surface area contributed by atoms with Gasteiger partial charge in [-0.25, -0.2) is 8.42 Å². The third-order valence-corrected chi connectivity index (χ3v) is 6.40. The first-order valence-electron chi connectivity index (χ1n) is 7.49. The van der Waals surface area contributed by atoms with Crippen LogP contribution in [0, 0.1) is 5.92 Å². The molecule has 1 aliphatic carbocycles. The lowest BCUT2D eigenvalue weighted by Gasteiger charge is -2.46. The zero-order valence-electron chi connectivity index (χ0n) is 12.2. The van der Waals surface area contributed by atoms with Crippen LogP contribution in [0.15, 0.2) is 29.2 Å². The maximum Gasteiger partial charge on any atom is 0.178 e. The number of hydrogen-bond acceptors (Lipinski definition) is 5. The molecular weight excluding hydrogens is 288 g/mol. The maximum absolute atomic E-state index is 12.0. The summed E-state index contributed by atoms with van der Waals surface area (Å²) in [5.41, 5.74) is 7.04. The number of sulfone groups is 1. The summed E-state index contributed by atoms with van der Waals surface area (Å²) in [5, 5.41) is 3.37. The van der Waals surface area contributed by atoms with E-state index in [0.717, 1.165) is 18.7 Å². The highest BCUT2D eigenvalue weighted by Crippen LogP contribution is 2.39. The molecular formula is C15H22N2O3S. The molecule has 1 aromatic carbocycles. The average molecular weight is 310 g/mol. The highest BCUT2D eigenvalue weighted by Gasteiger charge is 2.52. The van der Waals surface area contributed by atoms with Crippen molar-refractivity contribution in [1.29, 1.82) is 0 Å². The number of rotatable bonds is 5. The van der Waals surface area contributed by atoms with Gasteiger partial charge in [0.15, 0.2) is 9.84 Å². The van der Waals surface area contributed by atoms with Crippen LogP contribution in [0.3, 0.4) is 0 Å². The standard InChI is InChI=1S/C15H22N2O3S/c1-2-9-21(18,19)11-5-3-10(4-6-11)17-14-13(16)12-7-8-20-15(12)14/h3-6,12-15,17H,2,7-9,16H2,1H3. The summed E-state index contributed by atoms with van der Waals surface area (Å²) in [7, 11) is -3.15. The van der Waals surface area contributed by atoms with Gasteiger partial charge in [0.2, 0.25) is 0 Å². The molecule has 6 heteroatoms. The van der Waals surface area contributed by atoms with Crippen molar-refractivity contribution < 1.29 is 13.2 Å². The van der Waals surface area contributed by atoms with Gasteiger partial charge >= 0.3 is 0 Å². The third-order valence-electron chi connectivity index (χ3n) is 4.47. The number of ether oxygens (including phenoxy) is 1. The first kappa shape index (κ1) is 14.8. The Labute approximate surface area is 125 Å². The lowest BCUT2D eigenvalue weighted by atomic mass is 9.72. The molecule has 3 rings (SSSR count). The van der Waals surface area contributed by atoms with Gasteiger partial charge in [-0.3, -0.25) is 0 Å². The molecule has 2 aliphatic rings. The van der Waals surface area contributed by atoms with E-state index in [2.05, 4.69) is 5.32 Å². The number of hydrogen-bond donors (Lipinski definition) is 2. The van der Waals surface area contributed by atoms with Crippen molar-refractivity contribution in [2.45, 2.75) is 42.8 Å². The summed E-state index contributed by atoms with van der Waals surface area (Å²) >= 11 is 0. The molecule has 1 heterocycles. The van der Waals surface area contributed by atoms with Crippen LogP contribution < -0.4 is 11.1 Å². The molecule has 1 saturated carbocycles. The fourth-order valence-electron chi connectivity index (χ4n) is 3.27. The van der Waals surface area contributed by atoms with E-state index in [1.165, 1.54) is 0 Å². The fourth-order valence-corrected chi connectivity index (χ4v) is 4.59. The van der Waals surface area contributed by atoms with Crippen molar-refractivity contribution in [2.24, 2.45) is 11.7 Å². The molecule has 1 aliphatic heterocycles. The zero-order chi connectivity index (χ0) is 15.0. The minimum absolute atomic E-state index is 0.112. The summed E-state index contributed by atoms with van der Waals surface area (Å²) in [4.78, 5) is 0.378. The van der Waals surface area contributed by atoms with E-state index < -0.39 is 9.84 Å². The summed E-state index contributed by atoms with van der Waals surface area (Å²) < 4.78 is 29.6. The number of anilines is 1. The molecule has 21 heavy (non-hydrogen) atoms. The first-order chi connectivity index (χ1) is 10.0. The molecule has 0 radical (unpaired) electrons. The maximum atomic E-state index is 12.0. The Morgan fingerprint density at radius 1 is 1.33 bits per heavy atom. The van der Waals surface area contributed by atoms with Crippen LogP contribution in [-0.2, 0) is 14.6 Å². The SMILES string of the molecule is CCCS(=O)(=O)c1ccc(NC2C(N)C3CCOC32)cc1. The number of fused-ring (bicyclic) bond motifs is 1. The Morgan fingerprint density at radius 2 is 2.05 bits per heavy atom. The van der Waals surface area contributed by atoms with Gasteiger partial charge in [-0.05, 0) is 37.1 Å². The normalized spacial score (nSPS) is 31.5. The van der Waals surface area contributed by atoms with E-state index in [4.69, 9.17) is 10.5 Å². The molecule has 116 valence electrons. The van der Waals surface area contributed by atoms with Gasteiger partial charge in [-0.15, -0.1) is 0 Å². The topological polar surface area (TPSA) is 81.4 Å². The molecule has 4 unspecified atom stereocenters. The summed E-state index contributed by atoms with van der Waals surface area (Å²) in [6.07, 6.45) is 1.86. The second-order valence-electron chi connectivity index (χ2n) is 5.88. The van der Waals surface area contributed by atoms with Crippen LogP contribution >= 0.6 is 0 Å². The summed E-state index contributed by atoms with van der Waals surface area (Å²) in [6, 6.07) is 7.15. The highest BCUT2D eigenvalue weighted by molar-refractivity contribution is 7.91. The second kappa shape index (κ2) is 5.59. The van der Waals surface area contributed by atoms with Crippen LogP contribution in [0.2, 0.25) is 0 Å². The van der Waals surface area contributed by atoms with Crippen molar-refractivity contribution in [1.82, 2.24) is 0 Å². The summed E-state index contributed by atoms with van der Waals surface area (Å²) in [5.74, 6) is 0.650. The van der Waals surface area contributed by atoms with E-state index >= 15 is 0 Å². The highest BCUT2D eigenvalue weighted by atomic mass is 32.2. The summed E-state index contributed by atoms with van der Waals surface area (Å²) in [6.45, 7) is 2.65. The predicted molar refractivity (Wildman–Crippen MR) is 82.0 cm³/mol. The monoisotopic (exact) mass is 310 g/mol. The van der Waals surface area contributed by atoms with Crippen molar-refractivity contribution in [2.75, 3.05) is 17.7 Å². The Bertz CT molecular complexity index is 600. The van der Waals surface area contributed by atoms with Gasteiger partial charge in [0.25, 0.3) is 0 Å². The van der Waals surface area contributed by atoms with Crippen LogP contribution in [0.25, 0.3) is 0 Å². The molecule has 0 amide bonds. The fraction of sp³-hybridized carbons (Fsp3) is 0.600. The van der Waals surface area contributed by atoms with E-state index in [-0.39, 0.29) is 23.9 Å². The molecule has 0 aromatic heterocycles. The average Bonchev–Trinajstić information content (AvgIpc) is 2.90. The van der Waals surface area contributed by atoms with Gasteiger partial charge in [-0.2, -0.15) is 0 Å². The number of benzene rings is 1. The van der Waals surface area contributed by atoms with Gasteiger partial charge in [0, 0.05) is 24.3 Å². The molecule has 2 fully saturated rings. The minimum atomic E-state index is -3.15. The quantitative estimate of drug-likeness (QED) is 0.859. The molecule has 3 N–H and O–H groups in total. The van der Waals surface area contributed by atoms with Gasteiger partial charge in [0.05, 0.1) is 22.8 Å². The Hall–Kier alpha value is -1.11. The number of nitrogens with one attached hydrogen (secondary N) is 1. The van der Waals surface area contributed by atoms with E-state index in [1.807, 2.05) is 6.92 Å². The lowest BCUT2D eigenvalue weighted by Crippen LogP contribution is -2.65. The molecule has 0 spiro atoms. The van der Waals surface area contributed by atoms with E-state index in [9.17, 15) is 8.42 Å². The lowest BCUT2D eigenvalue weighted by molar-refractivity contribution is 0.00537. The van der Waals surface area contributed by atoms with Gasteiger partial charge < -0.3 is 15.8 Å². The molecule has 1 saturated heterocycles. The Morgan fingerprint density at radius 3 is 2.71 bits per heavy atom.